The van der Waals surface area contributed by atoms with Crippen LogP contribution in [0.4, 0.5) is 11.6 Å². The van der Waals surface area contributed by atoms with Crippen molar-refractivity contribution in [1.82, 2.24) is 44.9 Å². The fraction of sp³-hybridized carbons (Fsp3) is 0.190. The number of pyridine rings is 1. The number of tetrazole rings is 1. The Morgan fingerprint density at radius 2 is 2.11 bits per heavy atom. The molecular weight excluding hydrogens is 474 g/mol. The molecule has 1 aromatic carbocycles. The van der Waals surface area contributed by atoms with E-state index in [1.165, 1.54) is 15.7 Å². The maximum absolute atomic E-state index is 13.6. The van der Waals surface area contributed by atoms with Crippen LogP contribution in [-0.2, 0) is 13.7 Å². The molecule has 0 saturated carbocycles. The third-order valence-corrected chi connectivity index (χ3v) is 5.76. The van der Waals surface area contributed by atoms with Crippen molar-refractivity contribution in [2.75, 3.05) is 11.1 Å². The molecule has 0 aliphatic heterocycles. The Morgan fingerprint density at radius 3 is 2.83 bits per heavy atom. The predicted octanol–water partition coefficient (Wildman–Crippen LogP) is 1.60. The summed E-state index contributed by atoms with van der Waals surface area (Å²) in [7, 11) is 1.63. The first-order valence-corrected chi connectivity index (χ1v) is 10.9. The summed E-state index contributed by atoms with van der Waals surface area (Å²) in [6.07, 6.45) is 1.32. The van der Waals surface area contributed by atoms with E-state index in [2.05, 4.69) is 40.9 Å². The van der Waals surface area contributed by atoms with Crippen LogP contribution in [0.5, 0.6) is 0 Å². The maximum Gasteiger partial charge on any atom is 0.266 e. The second kappa shape index (κ2) is 8.77. The van der Waals surface area contributed by atoms with Crippen LogP contribution in [-0.4, -0.2) is 50.0 Å². The minimum Gasteiger partial charge on any atom is -0.390 e. The van der Waals surface area contributed by atoms with E-state index in [1.807, 2.05) is 19.1 Å². The molecule has 4 aromatic heterocycles. The molecule has 0 spiro atoms. The molecule has 4 heterocycles. The molecule has 0 unspecified atom stereocenters. The minimum atomic E-state index is -0.481. The third kappa shape index (κ3) is 3.96. The fourth-order valence-electron chi connectivity index (χ4n) is 3.83. The summed E-state index contributed by atoms with van der Waals surface area (Å²) in [5.41, 5.74) is 7.16. The highest BCUT2D eigenvalue weighted by molar-refractivity contribution is 6.35. The van der Waals surface area contributed by atoms with E-state index in [1.54, 1.807) is 25.2 Å². The third-order valence-electron chi connectivity index (χ3n) is 5.45. The Hall–Kier alpha value is -4.36. The highest BCUT2D eigenvalue weighted by atomic mass is 35.5. The lowest BCUT2D eigenvalue weighted by atomic mass is 10.1. The number of aryl methyl sites for hydroxylation is 1. The summed E-state index contributed by atoms with van der Waals surface area (Å²) in [5.74, 6) is 1.09. The molecule has 0 amide bonds. The van der Waals surface area contributed by atoms with Crippen LogP contribution in [0.25, 0.3) is 28.0 Å². The van der Waals surface area contributed by atoms with Gasteiger partial charge in [0.05, 0.1) is 41.5 Å². The number of nitrogen functional groups attached to an aromatic ring is 1. The van der Waals surface area contributed by atoms with E-state index in [9.17, 15) is 9.90 Å². The zero-order chi connectivity index (χ0) is 24.7. The van der Waals surface area contributed by atoms with Crippen molar-refractivity contribution in [3.63, 3.8) is 0 Å². The van der Waals surface area contributed by atoms with Crippen molar-refractivity contribution >= 4 is 34.0 Å². The lowest BCUT2D eigenvalue weighted by Gasteiger charge is -2.21. The molecule has 5 rings (SSSR count). The summed E-state index contributed by atoms with van der Waals surface area (Å²) >= 11 is 6.37. The maximum atomic E-state index is 13.6. The highest BCUT2D eigenvalue weighted by Gasteiger charge is 2.23. The van der Waals surface area contributed by atoms with Crippen LogP contribution < -0.4 is 16.6 Å². The Morgan fingerprint density at radius 1 is 1.29 bits per heavy atom. The first-order chi connectivity index (χ1) is 16.9. The smallest absolute Gasteiger partial charge is 0.266 e. The van der Waals surface area contributed by atoms with E-state index in [0.717, 1.165) is 0 Å². The standard InChI is InChI=1S/C21H20ClN11O2/c1-10(26-19-17(18(23)24-9-25-19)20-29-31-32(2)30-20)14-6-11-4-3-5-13(22)16(11)21(35)33(14)15-7-12(8-34)27-28-15/h3-7,9-10,34H,8H2,1-2H3,(H,27,28)(H3,23,24,25,26)/t10-/m0/s1. The van der Waals surface area contributed by atoms with Crippen LogP contribution in [0, 0.1) is 0 Å². The van der Waals surface area contributed by atoms with E-state index in [0.29, 0.717) is 44.4 Å². The lowest BCUT2D eigenvalue weighted by molar-refractivity contribution is 0.276. The van der Waals surface area contributed by atoms with Gasteiger partial charge in [-0.25, -0.2) is 9.97 Å². The van der Waals surface area contributed by atoms with Gasteiger partial charge in [-0.15, -0.1) is 10.2 Å². The van der Waals surface area contributed by atoms with Crippen LogP contribution in [0.1, 0.15) is 24.4 Å². The molecule has 13 nitrogen and oxygen atoms in total. The number of nitrogens with zero attached hydrogens (tertiary/aromatic N) is 8. The molecule has 0 fully saturated rings. The normalized spacial score (nSPS) is 12.2. The van der Waals surface area contributed by atoms with E-state index in [4.69, 9.17) is 17.3 Å². The number of aromatic amines is 1. The van der Waals surface area contributed by atoms with Crippen LogP contribution >= 0.6 is 11.6 Å². The molecule has 0 saturated heterocycles. The van der Waals surface area contributed by atoms with Crippen molar-refractivity contribution in [1.29, 1.82) is 0 Å². The van der Waals surface area contributed by atoms with Crippen LogP contribution in [0.2, 0.25) is 5.02 Å². The molecule has 0 radical (unpaired) electrons. The molecular formula is C21H20ClN11O2. The zero-order valence-electron chi connectivity index (χ0n) is 18.6. The lowest BCUT2D eigenvalue weighted by Crippen LogP contribution is -2.26. The number of nitrogens with one attached hydrogen (secondary N) is 2. The van der Waals surface area contributed by atoms with Gasteiger partial charge in [0, 0.05) is 6.07 Å². The second-order valence-corrected chi connectivity index (χ2v) is 8.18. The molecule has 14 heteroatoms. The minimum absolute atomic E-state index is 0.172. The topological polar surface area (TPSA) is 178 Å². The first kappa shape index (κ1) is 22.4. The number of benzene rings is 1. The summed E-state index contributed by atoms with van der Waals surface area (Å²) in [6.45, 7) is 1.60. The van der Waals surface area contributed by atoms with Crippen molar-refractivity contribution in [2.45, 2.75) is 19.6 Å². The Bertz CT molecular complexity index is 1610. The molecule has 0 aliphatic carbocycles. The molecule has 35 heavy (non-hydrogen) atoms. The molecule has 5 N–H and O–H groups in total. The average molecular weight is 494 g/mol. The largest absolute Gasteiger partial charge is 0.390 e. The van der Waals surface area contributed by atoms with Gasteiger partial charge in [0.15, 0.2) is 5.82 Å². The molecule has 0 aliphatic rings. The quantitative estimate of drug-likeness (QED) is 0.271. The van der Waals surface area contributed by atoms with Gasteiger partial charge in [-0.2, -0.15) is 9.90 Å². The number of fused-ring (bicyclic) bond motifs is 1. The van der Waals surface area contributed by atoms with Gasteiger partial charge in [-0.3, -0.25) is 14.5 Å². The van der Waals surface area contributed by atoms with Gasteiger partial charge in [0.25, 0.3) is 5.56 Å². The van der Waals surface area contributed by atoms with Crippen molar-refractivity contribution in [3.05, 3.63) is 63.4 Å². The molecule has 5 aromatic rings. The van der Waals surface area contributed by atoms with Gasteiger partial charge in [0.2, 0.25) is 5.82 Å². The Balaban J connectivity index is 1.67. The van der Waals surface area contributed by atoms with Gasteiger partial charge in [-0.1, -0.05) is 23.7 Å². The second-order valence-electron chi connectivity index (χ2n) is 7.77. The Labute approximate surface area is 202 Å². The van der Waals surface area contributed by atoms with Gasteiger partial charge < -0.3 is 16.2 Å². The van der Waals surface area contributed by atoms with Gasteiger partial charge in [-0.05, 0) is 29.7 Å². The number of rotatable bonds is 6. The zero-order valence-corrected chi connectivity index (χ0v) is 19.4. The molecule has 1 atom stereocenters. The predicted molar refractivity (Wildman–Crippen MR) is 129 cm³/mol. The van der Waals surface area contributed by atoms with E-state index < -0.39 is 6.04 Å². The Kier molecular flexibility index (Phi) is 5.62. The number of halogens is 1. The number of aliphatic hydroxyl groups excluding tert-OH is 1. The summed E-state index contributed by atoms with van der Waals surface area (Å²) in [4.78, 5) is 23.3. The number of H-pyrrole nitrogens is 1. The monoisotopic (exact) mass is 493 g/mol. The number of hydrogen-bond acceptors (Lipinski definition) is 10. The van der Waals surface area contributed by atoms with E-state index >= 15 is 0 Å². The first-order valence-electron chi connectivity index (χ1n) is 10.5. The van der Waals surface area contributed by atoms with Crippen molar-refractivity contribution in [2.24, 2.45) is 7.05 Å². The fourth-order valence-corrected chi connectivity index (χ4v) is 4.09. The molecule has 0 bridgehead atoms. The average Bonchev–Trinajstić information content (AvgIpc) is 3.48. The summed E-state index contributed by atoms with van der Waals surface area (Å²) in [5, 5.41) is 33.2. The number of nitrogens with two attached hydrogens (primary N) is 1. The molecule has 178 valence electrons. The highest BCUT2D eigenvalue weighted by Crippen LogP contribution is 2.31. The summed E-state index contributed by atoms with van der Waals surface area (Å²) in [6, 6.07) is 8.20. The van der Waals surface area contributed by atoms with Crippen molar-refractivity contribution in [3.8, 4) is 17.2 Å². The van der Waals surface area contributed by atoms with Crippen LogP contribution in [0.15, 0.2) is 41.5 Å². The number of anilines is 2. The van der Waals surface area contributed by atoms with Crippen molar-refractivity contribution < 1.29 is 5.11 Å². The summed E-state index contributed by atoms with van der Waals surface area (Å²) < 4.78 is 1.44. The number of aromatic nitrogens is 9. The van der Waals surface area contributed by atoms with Gasteiger partial charge >= 0.3 is 0 Å². The SMILES string of the molecule is C[C@H](Nc1ncnc(N)c1-c1nnn(C)n1)c1cc2cccc(Cl)c2c(=O)n1-c1cc(CO)[nH]n1. The van der Waals surface area contributed by atoms with Crippen LogP contribution in [0.3, 0.4) is 0 Å². The van der Waals surface area contributed by atoms with Gasteiger partial charge in [0.1, 0.15) is 23.5 Å². The van der Waals surface area contributed by atoms with E-state index in [-0.39, 0.29) is 23.8 Å². The number of hydrogen-bond donors (Lipinski definition) is 4. The number of aliphatic hydroxyl groups is 1.